The van der Waals surface area contributed by atoms with Crippen molar-refractivity contribution in [3.63, 3.8) is 0 Å². The van der Waals surface area contributed by atoms with Crippen LogP contribution in [0.1, 0.15) is 11.3 Å². The van der Waals surface area contributed by atoms with Gasteiger partial charge in [0.15, 0.2) is 5.13 Å². The van der Waals surface area contributed by atoms with Gasteiger partial charge in [-0.3, -0.25) is 5.32 Å². The largest absolute Gasteiger partial charge is 0.465 e. The zero-order chi connectivity index (χ0) is 18.9. The number of carboxylic acid groups (broad SMARTS) is 1. The van der Waals surface area contributed by atoms with E-state index in [4.69, 9.17) is 33.0 Å². The first-order chi connectivity index (χ1) is 12.4. The summed E-state index contributed by atoms with van der Waals surface area (Å²) in [5.41, 5.74) is 1.46. The molecule has 140 valence electrons. The van der Waals surface area contributed by atoms with Crippen molar-refractivity contribution in [2.75, 3.05) is 18.5 Å². The monoisotopic (exact) mass is 418 g/mol. The van der Waals surface area contributed by atoms with Gasteiger partial charge >= 0.3 is 12.1 Å². The Morgan fingerprint density at radius 1 is 1.23 bits per heavy atom. The summed E-state index contributed by atoms with van der Waals surface area (Å²) in [7, 11) is 0. The fourth-order valence-electron chi connectivity index (χ4n) is 1.81. The average Bonchev–Trinajstić information content (AvgIpc) is 3.02. The highest BCUT2D eigenvalue weighted by Crippen LogP contribution is 2.22. The Kier molecular flexibility index (Phi) is 7.92. The Bertz CT molecular complexity index is 772. The molecule has 3 amide bonds. The van der Waals surface area contributed by atoms with Crippen molar-refractivity contribution >= 4 is 51.8 Å². The minimum Gasteiger partial charge on any atom is -0.465 e. The van der Waals surface area contributed by atoms with Crippen LogP contribution >= 0.6 is 34.5 Å². The lowest BCUT2D eigenvalue weighted by Gasteiger charge is -2.06. The molecule has 8 nitrogen and oxygen atoms in total. The minimum absolute atomic E-state index is 0.196. The number of rotatable bonds is 8. The molecular weight excluding hydrogens is 403 g/mol. The topological polar surface area (TPSA) is 113 Å². The SMILES string of the molecule is O=C(O)NCCOCc1csc(NC(=O)NCc2ccc(Cl)c(Cl)c2)n1. The summed E-state index contributed by atoms with van der Waals surface area (Å²) >= 11 is 13.0. The first-order valence-corrected chi connectivity index (χ1v) is 9.05. The number of hydrogen-bond acceptors (Lipinski definition) is 5. The first-order valence-electron chi connectivity index (χ1n) is 7.42. The zero-order valence-electron chi connectivity index (χ0n) is 13.4. The molecule has 0 radical (unpaired) electrons. The number of amides is 3. The number of thiazole rings is 1. The summed E-state index contributed by atoms with van der Waals surface area (Å²) in [5, 5.41) is 19.0. The number of nitrogens with one attached hydrogen (secondary N) is 3. The summed E-state index contributed by atoms with van der Waals surface area (Å²) in [6.07, 6.45) is -1.10. The van der Waals surface area contributed by atoms with Crippen LogP contribution in [0.25, 0.3) is 0 Å². The quantitative estimate of drug-likeness (QED) is 0.489. The maximum atomic E-state index is 11.9. The molecule has 0 aliphatic heterocycles. The van der Waals surface area contributed by atoms with Crippen molar-refractivity contribution in [1.29, 1.82) is 0 Å². The van der Waals surface area contributed by atoms with Crippen LogP contribution in [0.3, 0.4) is 0 Å². The van der Waals surface area contributed by atoms with Crippen molar-refractivity contribution in [1.82, 2.24) is 15.6 Å². The summed E-state index contributed by atoms with van der Waals surface area (Å²) in [5.74, 6) is 0. The molecule has 0 saturated carbocycles. The van der Waals surface area contributed by atoms with E-state index < -0.39 is 12.1 Å². The molecule has 1 aromatic carbocycles. The van der Waals surface area contributed by atoms with Gasteiger partial charge in [-0.1, -0.05) is 29.3 Å². The lowest BCUT2D eigenvalue weighted by Crippen LogP contribution is -2.28. The number of halogens is 2. The van der Waals surface area contributed by atoms with Gasteiger partial charge in [-0.2, -0.15) is 0 Å². The average molecular weight is 419 g/mol. The molecule has 2 aromatic rings. The van der Waals surface area contributed by atoms with Gasteiger partial charge in [-0.15, -0.1) is 11.3 Å². The molecule has 4 N–H and O–H groups in total. The number of ether oxygens (including phenoxy) is 1. The molecule has 0 aliphatic rings. The first kappa shape index (κ1) is 20.2. The highest BCUT2D eigenvalue weighted by atomic mass is 35.5. The number of carbonyl (C=O) groups excluding carboxylic acids is 1. The van der Waals surface area contributed by atoms with Crippen molar-refractivity contribution < 1.29 is 19.4 Å². The minimum atomic E-state index is -1.10. The van der Waals surface area contributed by atoms with E-state index in [0.29, 0.717) is 27.4 Å². The maximum Gasteiger partial charge on any atom is 0.404 e. The van der Waals surface area contributed by atoms with Gasteiger partial charge in [0.1, 0.15) is 0 Å². The van der Waals surface area contributed by atoms with Gasteiger partial charge in [0, 0.05) is 18.5 Å². The standard InChI is InChI=1S/C15H16Cl2N4O4S/c16-11-2-1-9(5-12(11)17)6-19-13(22)21-14-20-10(8-26-14)7-25-4-3-18-15(23)24/h1-2,5,8,18H,3-4,6-7H2,(H,23,24)(H2,19,20,21,22). The molecule has 26 heavy (non-hydrogen) atoms. The number of aromatic nitrogens is 1. The second-order valence-corrected chi connectivity index (χ2v) is 6.66. The highest BCUT2D eigenvalue weighted by Gasteiger charge is 2.07. The van der Waals surface area contributed by atoms with E-state index in [1.54, 1.807) is 23.6 Å². The summed E-state index contributed by atoms with van der Waals surface area (Å²) in [4.78, 5) is 26.4. The predicted molar refractivity (Wildman–Crippen MR) is 100 cm³/mol. The molecule has 11 heteroatoms. The van der Waals surface area contributed by atoms with E-state index in [1.807, 2.05) is 0 Å². The van der Waals surface area contributed by atoms with Crippen LogP contribution in [0, 0.1) is 0 Å². The Labute approximate surface area is 163 Å². The third-order valence-electron chi connectivity index (χ3n) is 2.98. The molecule has 2 rings (SSSR count). The molecule has 0 aliphatic carbocycles. The maximum absolute atomic E-state index is 11.9. The lowest BCUT2D eigenvalue weighted by molar-refractivity contribution is 0.118. The third-order valence-corrected chi connectivity index (χ3v) is 4.53. The van der Waals surface area contributed by atoms with Crippen LogP contribution in [0.5, 0.6) is 0 Å². The molecule has 0 spiro atoms. The molecule has 0 unspecified atom stereocenters. The Morgan fingerprint density at radius 3 is 2.77 bits per heavy atom. The van der Waals surface area contributed by atoms with E-state index in [0.717, 1.165) is 5.56 Å². The molecule has 0 saturated heterocycles. The van der Waals surface area contributed by atoms with Crippen LogP contribution in [-0.2, 0) is 17.9 Å². The number of carbonyl (C=O) groups is 2. The number of hydrogen-bond donors (Lipinski definition) is 4. The Balaban J connectivity index is 1.71. The number of nitrogens with zero attached hydrogens (tertiary/aromatic N) is 1. The molecular formula is C15H16Cl2N4O4S. The predicted octanol–water partition coefficient (Wildman–Crippen LogP) is 3.56. The van der Waals surface area contributed by atoms with Crippen LogP contribution in [0.15, 0.2) is 23.6 Å². The number of urea groups is 1. The summed E-state index contributed by atoms with van der Waals surface area (Å²) in [6, 6.07) is 4.72. The van der Waals surface area contributed by atoms with Crippen LogP contribution in [0.2, 0.25) is 10.0 Å². The highest BCUT2D eigenvalue weighted by molar-refractivity contribution is 7.13. The third kappa shape index (κ3) is 7.04. The van der Waals surface area contributed by atoms with E-state index >= 15 is 0 Å². The zero-order valence-corrected chi connectivity index (χ0v) is 15.7. The Hall–Kier alpha value is -2.07. The van der Waals surface area contributed by atoms with Crippen LogP contribution < -0.4 is 16.0 Å². The van der Waals surface area contributed by atoms with E-state index in [-0.39, 0.29) is 19.8 Å². The number of anilines is 1. The molecule has 1 aromatic heterocycles. The van der Waals surface area contributed by atoms with Gasteiger partial charge in [-0.05, 0) is 17.7 Å². The number of benzene rings is 1. The van der Waals surface area contributed by atoms with Crippen molar-refractivity contribution in [2.45, 2.75) is 13.2 Å². The summed E-state index contributed by atoms with van der Waals surface area (Å²) in [6.45, 7) is 0.948. The second kappa shape index (κ2) is 10.2. The second-order valence-electron chi connectivity index (χ2n) is 4.98. The van der Waals surface area contributed by atoms with Crippen molar-refractivity contribution in [3.05, 3.63) is 44.9 Å². The van der Waals surface area contributed by atoms with Gasteiger partial charge < -0.3 is 20.5 Å². The van der Waals surface area contributed by atoms with Crippen molar-refractivity contribution in [3.8, 4) is 0 Å². The fraction of sp³-hybridized carbons (Fsp3) is 0.267. The van der Waals surface area contributed by atoms with Crippen LogP contribution in [0.4, 0.5) is 14.7 Å². The lowest BCUT2D eigenvalue weighted by atomic mass is 10.2. The smallest absolute Gasteiger partial charge is 0.404 e. The van der Waals surface area contributed by atoms with Crippen LogP contribution in [-0.4, -0.2) is 35.4 Å². The fourth-order valence-corrected chi connectivity index (χ4v) is 2.82. The van der Waals surface area contributed by atoms with E-state index in [2.05, 4.69) is 20.9 Å². The van der Waals surface area contributed by atoms with Gasteiger partial charge in [-0.25, -0.2) is 14.6 Å². The molecule has 0 atom stereocenters. The van der Waals surface area contributed by atoms with Gasteiger partial charge in [0.2, 0.25) is 0 Å². The Morgan fingerprint density at radius 2 is 2.04 bits per heavy atom. The van der Waals surface area contributed by atoms with Gasteiger partial charge in [0.05, 0.1) is 29.0 Å². The molecule has 0 bridgehead atoms. The van der Waals surface area contributed by atoms with E-state index in [1.165, 1.54) is 11.3 Å². The van der Waals surface area contributed by atoms with E-state index in [9.17, 15) is 9.59 Å². The molecule has 0 fully saturated rings. The normalized spacial score (nSPS) is 10.4. The van der Waals surface area contributed by atoms with Gasteiger partial charge in [0.25, 0.3) is 0 Å². The summed E-state index contributed by atoms with van der Waals surface area (Å²) < 4.78 is 5.28. The molecule has 1 heterocycles. The van der Waals surface area contributed by atoms with Crippen molar-refractivity contribution in [2.24, 2.45) is 0 Å².